The molecule has 8 nitrogen and oxygen atoms in total. The molecular formula is C22H25NO7S. The molecule has 9 heteroatoms. The second-order valence-corrected chi connectivity index (χ2v) is 9.10. The minimum Gasteiger partial charge on any atom is -0.482 e. The molecule has 2 aromatic carbocycles. The van der Waals surface area contributed by atoms with Crippen LogP contribution in [-0.4, -0.2) is 64.0 Å². The number of Topliss-reactive ketones (excluding diaryl/α,β-unsaturated/α-hetero) is 1. The Morgan fingerprint density at radius 2 is 1.65 bits per heavy atom. The highest BCUT2D eigenvalue weighted by Crippen LogP contribution is 2.18. The molecule has 0 unspecified atom stereocenters. The van der Waals surface area contributed by atoms with Crippen LogP contribution in [-0.2, 0) is 24.3 Å². The number of aryl methyl sites for hydroxylation is 2. The summed E-state index contributed by atoms with van der Waals surface area (Å²) in [6.45, 7) is 4.45. The molecule has 31 heavy (non-hydrogen) atoms. The number of rotatable bonds is 8. The third kappa shape index (κ3) is 5.90. The summed E-state index contributed by atoms with van der Waals surface area (Å²) in [6.07, 6.45) is 0. The molecule has 0 spiro atoms. The van der Waals surface area contributed by atoms with Crippen LogP contribution in [0.25, 0.3) is 0 Å². The fourth-order valence-corrected chi connectivity index (χ4v) is 4.37. The highest BCUT2D eigenvalue weighted by atomic mass is 32.2. The fraction of sp³-hybridized carbons (Fsp3) is 0.364. The average Bonchev–Trinajstić information content (AvgIpc) is 2.79. The average molecular weight is 448 g/mol. The normalized spacial score (nSPS) is 14.8. The van der Waals surface area contributed by atoms with Crippen molar-refractivity contribution in [3.05, 3.63) is 59.2 Å². The minimum atomic E-state index is -3.63. The molecule has 0 aromatic heterocycles. The van der Waals surface area contributed by atoms with Crippen molar-refractivity contribution in [3.8, 4) is 5.75 Å². The molecule has 0 N–H and O–H groups in total. The zero-order valence-electron chi connectivity index (χ0n) is 17.5. The lowest BCUT2D eigenvalue weighted by molar-refractivity contribution is -0.144. The van der Waals surface area contributed by atoms with Crippen molar-refractivity contribution in [1.29, 1.82) is 0 Å². The summed E-state index contributed by atoms with van der Waals surface area (Å²) in [5, 5.41) is 0. The fourth-order valence-electron chi connectivity index (χ4n) is 2.97. The summed E-state index contributed by atoms with van der Waals surface area (Å²) in [4.78, 5) is 24.2. The van der Waals surface area contributed by atoms with Crippen molar-refractivity contribution in [2.75, 3.05) is 39.5 Å². The standard InChI is InChI=1S/C22H25NO7S/c1-16-3-6-19(13-17(16)2)29-15-22(25)30-14-21(24)18-4-7-20(8-5-18)31(26,27)23-9-11-28-12-10-23/h3-8,13H,9-12,14-15H2,1-2H3. The van der Waals surface area contributed by atoms with Crippen LogP contribution in [0.5, 0.6) is 5.75 Å². The number of nitrogens with zero attached hydrogens (tertiary/aromatic N) is 1. The number of carbonyl (C=O) groups excluding carboxylic acids is 2. The lowest BCUT2D eigenvalue weighted by atomic mass is 10.1. The SMILES string of the molecule is Cc1ccc(OCC(=O)OCC(=O)c2ccc(S(=O)(=O)N3CCOCC3)cc2)cc1C. The predicted octanol–water partition coefficient (Wildman–Crippen LogP) is 2.13. The zero-order valence-corrected chi connectivity index (χ0v) is 18.3. The van der Waals surface area contributed by atoms with E-state index in [4.69, 9.17) is 14.2 Å². The van der Waals surface area contributed by atoms with Gasteiger partial charge in [-0.3, -0.25) is 4.79 Å². The van der Waals surface area contributed by atoms with Gasteiger partial charge in [0.2, 0.25) is 10.0 Å². The largest absolute Gasteiger partial charge is 0.482 e. The van der Waals surface area contributed by atoms with Crippen LogP contribution in [0.15, 0.2) is 47.4 Å². The van der Waals surface area contributed by atoms with Crippen LogP contribution < -0.4 is 4.74 Å². The number of ketones is 1. The highest BCUT2D eigenvalue weighted by molar-refractivity contribution is 7.89. The molecule has 0 amide bonds. The number of hydrogen-bond donors (Lipinski definition) is 0. The summed E-state index contributed by atoms with van der Waals surface area (Å²) >= 11 is 0. The molecule has 1 fully saturated rings. The summed E-state index contributed by atoms with van der Waals surface area (Å²) in [7, 11) is -3.63. The van der Waals surface area contributed by atoms with Crippen molar-refractivity contribution >= 4 is 21.8 Å². The van der Waals surface area contributed by atoms with E-state index in [0.29, 0.717) is 32.1 Å². The van der Waals surface area contributed by atoms with Crippen LogP contribution in [0.4, 0.5) is 0 Å². The summed E-state index contributed by atoms with van der Waals surface area (Å²) in [5.74, 6) is -0.559. The second kappa shape index (κ2) is 10.0. The van der Waals surface area contributed by atoms with Crippen molar-refractivity contribution in [1.82, 2.24) is 4.31 Å². The van der Waals surface area contributed by atoms with Gasteiger partial charge in [-0.15, -0.1) is 0 Å². The number of ether oxygens (including phenoxy) is 3. The highest BCUT2D eigenvalue weighted by Gasteiger charge is 2.26. The lowest BCUT2D eigenvalue weighted by Gasteiger charge is -2.26. The monoisotopic (exact) mass is 447 g/mol. The van der Waals surface area contributed by atoms with Gasteiger partial charge < -0.3 is 14.2 Å². The van der Waals surface area contributed by atoms with Gasteiger partial charge in [-0.2, -0.15) is 4.31 Å². The molecule has 1 heterocycles. The topological polar surface area (TPSA) is 99.2 Å². The Morgan fingerprint density at radius 3 is 2.29 bits per heavy atom. The molecule has 1 saturated heterocycles. The van der Waals surface area contributed by atoms with E-state index in [1.807, 2.05) is 26.0 Å². The number of carbonyl (C=O) groups is 2. The van der Waals surface area contributed by atoms with Crippen LogP contribution in [0.2, 0.25) is 0 Å². The maximum Gasteiger partial charge on any atom is 0.344 e. The van der Waals surface area contributed by atoms with Gasteiger partial charge in [0.15, 0.2) is 19.0 Å². The van der Waals surface area contributed by atoms with Crippen molar-refractivity contribution in [3.63, 3.8) is 0 Å². The summed E-state index contributed by atoms with van der Waals surface area (Å²) < 4.78 is 42.1. The number of benzene rings is 2. The smallest absolute Gasteiger partial charge is 0.344 e. The van der Waals surface area contributed by atoms with Crippen molar-refractivity contribution in [2.45, 2.75) is 18.7 Å². The Balaban J connectivity index is 1.51. The first kappa shape index (κ1) is 22.9. The van der Waals surface area contributed by atoms with Gasteiger partial charge in [0.1, 0.15) is 5.75 Å². The maximum absolute atomic E-state index is 12.6. The first-order valence-electron chi connectivity index (χ1n) is 9.84. The third-order valence-corrected chi connectivity index (χ3v) is 6.90. The molecule has 0 aliphatic carbocycles. The molecule has 1 aliphatic heterocycles. The lowest BCUT2D eigenvalue weighted by Crippen LogP contribution is -2.40. The predicted molar refractivity (Wildman–Crippen MR) is 113 cm³/mol. The van der Waals surface area contributed by atoms with Crippen LogP contribution in [0.1, 0.15) is 21.5 Å². The Kier molecular flexibility index (Phi) is 7.42. The quantitative estimate of drug-likeness (QED) is 0.451. The number of hydrogen-bond acceptors (Lipinski definition) is 7. The molecule has 3 rings (SSSR count). The van der Waals surface area contributed by atoms with Gasteiger partial charge in [-0.1, -0.05) is 6.07 Å². The van der Waals surface area contributed by atoms with Crippen LogP contribution >= 0.6 is 0 Å². The summed E-state index contributed by atoms with van der Waals surface area (Å²) in [5.41, 5.74) is 2.41. The first-order chi connectivity index (χ1) is 14.8. The van der Waals surface area contributed by atoms with Gasteiger partial charge in [-0.05, 0) is 61.4 Å². The number of sulfonamides is 1. The van der Waals surface area contributed by atoms with E-state index < -0.39 is 28.4 Å². The first-order valence-corrected chi connectivity index (χ1v) is 11.3. The van der Waals surface area contributed by atoms with E-state index in [1.54, 1.807) is 6.07 Å². The van der Waals surface area contributed by atoms with Crippen LogP contribution in [0, 0.1) is 13.8 Å². The van der Waals surface area contributed by atoms with Gasteiger partial charge in [0.05, 0.1) is 18.1 Å². The number of morpholine rings is 1. The van der Waals surface area contributed by atoms with Crippen molar-refractivity contribution < 1.29 is 32.2 Å². The summed E-state index contributed by atoms with van der Waals surface area (Å²) in [6, 6.07) is 11.0. The minimum absolute atomic E-state index is 0.102. The van der Waals surface area contributed by atoms with Crippen molar-refractivity contribution in [2.24, 2.45) is 0 Å². The molecule has 0 radical (unpaired) electrons. The van der Waals surface area contributed by atoms with E-state index in [1.165, 1.54) is 28.6 Å². The molecule has 0 saturated carbocycles. The second-order valence-electron chi connectivity index (χ2n) is 7.16. The van der Waals surface area contributed by atoms with E-state index in [9.17, 15) is 18.0 Å². The van der Waals surface area contributed by atoms with E-state index >= 15 is 0 Å². The van der Waals surface area contributed by atoms with E-state index in [2.05, 4.69) is 0 Å². The Labute approximate surface area is 181 Å². The van der Waals surface area contributed by atoms with Crippen LogP contribution in [0.3, 0.4) is 0 Å². The Hall–Kier alpha value is -2.75. The molecule has 0 atom stereocenters. The molecule has 0 bridgehead atoms. The Bertz CT molecular complexity index is 1040. The van der Waals surface area contributed by atoms with Gasteiger partial charge in [-0.25, -0.2) is 13.2 Å². The van der Waals surface area contributed by atoms with Gasteiger partial charge in [0, 0.05) is 18.7 Å². The zero-order chi connectivity index (χ0) is 22.4. The number of esters is 1. The van der Waals surface area contributed by atoms with Gasteiger partial charge >= 0.3 is 5.97 Å². The van der Waals surface area contributed by atoms with E-state index in [-0.39, 0.29) is 17.1 Å². The van der Waals surface area contributed by atoms with Gasteiger partial charge in [0.25, 0.3) is 0 Å². The molecule has 1 aliphatic rings. The third-order valence-electron chi connectivity index (χ3n) is 4.98. The molecular weight excluding hydrogens is 422 g/mol. The maximum atomic E-state index is 12.6. The molecule has 166 valence electrons. The Morgan fingerprint density at radius 1 is 0.968 bits per heavy atom. The van der Waals surface area contributed by atoms with E-state index in [0.717, 1.165) is 11.1 Å². The molecule has 2 aromatic rings.